The fourth-order valence-corrected chi connectivity index (χ4v) is 2.47. The van der Waals surface area contributed by atoms with Gasteiger partial charge in [-0.05, 0) is 68.4 Å². The van der Waals surface area contributed by atoms with Crippen LogP contribution in [-0.2, 0) is 0 Å². The van der Waals surface area contributed by atoms with Crippen LogP contribution < -0.4 is 22.1 Å². The van der Waals surface area contributed by atoms with Crippen LogP contribution in [0.15, 0.2) is 36.4 Å². The average molecular weight is 327 g/mol. The summed E-state index contributed by atoms with van der Waals surface area (Å²) in [6, 6.07) is 12.1. The predicted octanol–water partition coefficient (Wildman–Crippen LogP) is 2.92. The molecule has 24 heavy (non-hydrogen) atoms. The van der Waals surface area contributed by atoms with Gasteiger partial charge in [0.1, 0.15) is 0 Å². The normalized spacial score (nSPS) is 10.8. The van der Waals surface area contributed by atoms with Crippen molar-refractivity contribution in [3.8, 4) is 0 Å². The maximum atomic E-state index is 5.84. The minimum atomic E-state index is 0.835. The Labute approximate surface area is 145 Å². The number of anilines is 4. The predicted molar refractivity (Wildman–Crippen MR) is 106 cm³/mol. The molecule has 0 aliphatic heterocycles. The number of hydrogen-bond donors (Lipinski definition) is 4. The van der Waals surface area contributed by atoms with Crippen LogP contribution in [0.3, 0.4) is 0 Å². The molecule has 2 rings (SSSR count). The second-order valence-electron chi connectivity index (χ2n) is 6.30. The van der Waals surface area contributed by atoms with Crippen molar-refractivity contribution in [2.45, 2.75) is 13.8 Å². The number of nitrogens with two attached hydrogens (primary N) is 2. The van der Waals surface area contributed by atoms with E-state index in [2.05, 4.69) is 34.7 Å². The monoisotopic (exact) mass is 327 g/mol. The van der Waals surface area contributed by atoms with Crippen molar-refractivity contribution in [2.75, 3.05) is 55.3 Å². The number of likely N-dealkylation sites (N-methyl/N-ethyl adjacent to an activating group) is 1. The highest BCUT2D eigenvalue weighted by Crippen LogP contribution is 2.17. The summed E-state index contributed by atoms with van der Waals surface area (Å²) < 4.78 is 0. The highest BCUT2D eigenvalue weighted by molar-refractivity contribution is 5.57. The molecule has 0 saturated carbocycles. The Kier molecular flexibility index (Phi) is 6.32. The minimum Gasteiger partial charge on any atom is -0.399 e. The van der Waals surface area contributed by atoms with Crippen LogP contribution in [0.25, 0.3) is 0 Å². The maximum absolute atomic E-state index is 5.84. The van der Waals surface area contributed by atoms with Gasteiger partial charge in [-0.1, -0.05) is 0 Å². The first-order chi connectivity index (χ1) is 11.5. The van der Waals surface area contributed by atoms with Gasteiger partial charge in [-0.3, -0.25) is 0 Å². The van der Waals surface area contributed by atoms with Gasteiger partial charge in [0.25, 0.3) is 0 Å². The van der Waals surface area contributed by atoms with Gasteiger partial charge in [0.15, 0.2) is 0 Å². The molecule has 5 heteroatoms. The SMILES string of the molecule is Cc1cc(NCCN(C)CCNc2ccc(N)c(C)c2)ccc1N. The summed E-state index contributed by atoms with van der Waals surface area (Å²) >= 11 is 0. The first-order valence-electron chi connectivity index (χ1n) is 8.34. The van der Waals surface area contributed by atoms with E-state index in [0.29, 0.717) is 0 Å². The van der Waals surface area contributed by atoms with Gasteiger partial charge in [0.2, 0.25) is 0 Å². The number of aryl methyl sites for hydroxylation is 2. The summed E-state index contributed by atoms with van der Waals surface area (Å²) in [5.41, 5.74) is 17.8. The largest absolute Gasteiger partial charge is 0.399 e. The zero-order valence-electron chi connectivity index (χ0n) is 14.9. The lowest BCUT2D eigenvalue weighted by atomic mass is 10.2. The third kappa shape index (κ3) is 5.35. The number of benzene rings is 2. The third-order valence-electron chi connectivity index (χ3n) is 4.18. The molecule has 0 aliphatic carbocycles. The van der Waals surface area contributed by atoms with E-state index in [9.17, 15) is 0 Å². The van der Waals surface area contributed by atoms with Crippen molar-refractivity contribution in [3.63, 3.8) is 0 Å². The van der Waals surface area contributed by atoms with Crippen LogP contribution in [0.5, 0.6) is 0 Å². The Balaban J connectivity index is 1.66. The molecule has 0 spiro atoms. The number of rotatable bonds is 8. The highest BCUT2D eigenvalue weighted by atomic mass is 15.1. The second-order valence-corrected chi connectivity index (χ2v) is 6.30. The molecule has 0 heterocycles. The van der Waals surface area contributed by atoms with E-state index < -0.39 is 0 Å². The first kappa shape index (κ1) is 17.9. The van der Waals surface area contributed by atoms with Gasteiger partial charge in [-0.25, -0.2) is 0 Å². The molecule has 2 aromatic carbocycles. The van der Waals surface area contributed by atoms with Crippen LogP contribution in [0, 0.1) is 13.8 Å². The van der Waals surface area contributed by atoms with E-state index >= 15 is 0 Å². The van der Waals surface area contributed by atoms with Gasteiger partial charge in [-0.15, -0.1) is 0 Å². The Morgan fingerprint density at radius 1 is 0.792 bits per heavy atom. The van der Waals surface area contributed by atoms with Crippen LogP contribution in [0.4, 0.5) is 22.7 Å². The maximum Gasteiger partial charge on any atom is 0.0345 e. The summed E-state index contributed by atoms with van der Waals surface area (Å²) in [5, 5.41) is 6.87. The van der Waals surface area contributed by atoms with Gasteiger partial charge >= 0.3 is 0 Å². The zero-order chi connectivity index (χ0) is 17.5. The van der Waals surface area contributed by atoms with Crippen molar-refractivity contribution < 1.29 is 0 Å². The molecule has 6 N–H and O–H groups in total. The number of nitrogens with one attached hydrogen (secondary N) is 2. The quantitative estimate of drug-likeness (QED) is 0.561. The van der Waals surface area contributed by atoms with Crippen molar-refractivity contribution in [2.24, 2.45) is 0 Å². The van der Waals surface area contributed by atoms with Crippen LogP contribution in [0.1, 0.15) is 11.1 Å². The van der Waals surface area contributed by atoms with Crippen molar-refractivity contribution in [1.82, 2.24) is 4.90 Å². The molecule has 0 bridgehead atoms. The van der Waals surface area contributed by atoms with Crippen molar-refractivity contribution in [1.29, 1.82) is 0 Å². The summed E-state index contributed by atoms with van der Waals surface area (Å²) in [6.07, 6.45) is 0. The standard InChI is InChI=1S/C19H29N5/c1-14-12-16(4-6-18(14)20)22-8-10-24(3)11-9-23-17-5-7-19(21)15(2)13-17/h4-7,12-13,22-23H,8-11,20-21H2,1-3H3. The first-order valence-corrected chi connectivity index (χ1v) is 8.34. The molecule has 2 aromatic rings. The average Bonchev–Trinajstić information content (AvgIpc) is 2.54. The molecule has 0 radical (unpaired) electrons. The Hall–Kier alpha value is -2.40. The third-order valence-corrected chi connectivity index (χ3v) is 4.18. The molecule has 0 atom stereocenters. The lowest BCUT2D eigenvalue weighted by Gasteiger charge is -2.18. The van der Waals surface area contributed by atoms with Crippen LogP contribution in [-0.4, -0.2) is 38.1 Å². The number of hydrogen-bond acceptors (Lipinski definition) is 5. The zero-order valence-corrected chi connectivity index (χ0v) is 14.9. The van der Waals surface area contributed by atoms with Crippen LogP contribution in [0.2, 0.25) is 0 Å². The molecular formula is C19H29N5. The minimum absolute atomic E-state index is 0.835. The van der Waals surface area contributed by atoms with E-state index in [4.69, 9.17) is 11.5 Å². The Morgan fingerprint density at radius 3 is 1.58 bits per heavy atom. The lowest BCUT2D eigenvalue weighted by molar-refractivity contribution is 0.361. The molecule has 0 fully saturated rings. The van der Waals surface area contributed by atoms with Gasteiger partial charge in [-0.2, -0.15) is 0 Å². The van der Waals surface area contributed by atoms with Gasteiger partial charge < -0.3 is 27.0 Å². The molecule has 0 saturated heterocycles. The fraction of sp³-hybridized carbons (Fsp3) is 0.368. The van der Waals surface area contributed by atoms with E-state index in [1.165, 1.54) is 0 Å². The molecule has 0 unspecified atom stereocenters. The highest BCUT2D eigenvalue weighted by Gasteiger charge is 2.01. The number of nitrogens with zero attached hydrogens (tertiary/aromatic N) is 1. The van der Waals surface area contributed by atoms with E-state index in [-0.39, 0.29) is 0 Å². The molecule has 0 aliphatic rings. The second kappa shape index (κ2) is 8.45. The number of nitrogen functional groups attached to an aromatic ring is 2. The Bertz CT molecular complexity index is 611. The molecule has 5 nitrogen and oxygen atoms in total. The summed E-state index contributed by atoms with van der Waals surface area (Å²) in [4.78, 5) is 2.30. The summed E-state index contributed by atoms with van der Waals surface area (Å²) in [5.74, 6) is 0. The van der Waals surface area contributed by atoms with Crippen LogP contribution >= 0.6 is 0 Å². The van der Waals surface area contributed by atoms with Crippen molar-refractivity contribution in [3.05, 3.63) is 47.5 Å². The lowest BCUT2D eigenvalue weighted by Crippen LogP contribution is -2.29. The van der Waals surface area contributed by atoms with Gasteiger partial charge in [0.05, 0.1) is 0 Å². The summed E-state index contributed by atoms with van der Waals surface area (Å²) in [6.45, 7) is 7.81. The Morgan fingerprint density at radius 2 is 1.21 bits per heavy atom. The van der Waals surface area contributed by atoms with Gasteiger partial charge in [0, 0.05) is 48.9 Å². The molecule has 0 amide bonds. The van der Waals surface area contributed by atoms with E-state index in [0.717, 1.165) is 60.1 Å². The van der Waals surface area contributed by atoms with E-state index in [1.54, 1.807) is 0 Å². The van der Waals surface area contributed by atoms with E-state index in [1.807, 2.05) is 38.1 Å². The molecular weight excluding hydrogens is 298 g/mol. The smallest absolute Gasteiger partial charge is 0.0345 e. The molecule has 130 valence electrons. The summed E-state index contributed by atoms with van der Waals surface area (Å²) in [7, 11) is 2.13. The fourth-order valence-electron chi connectivity index (χ4n) is 2.47. The topological polar surface area (TPSA) is 79.3 Å². The van der Waals surface area contributed by atoms with Crippen molar-refractivity contribution >= 4 is 22.7 Å². The molecule has 0 aromatic heterocycles.